The monoisotopic (exact) mass is 265 g/mol. The lowest BCUT2D eigenvalue weighted by atomic mass is 10.1. The summed E-state index contributed by atoms with van der Waals surface area (Å²) in [6, 6.07) is 4.75. The topological polar surface area (TPSA) is 42.2 Å². The highest BCUT2D eigenvalue weighted by molar-refractivity contribution is 5.93. The van der Waals surface area contributed by atoms with Crippen molar-refractivity contribution in [2.24, 2.45) is 0 Å². The summed E-state index contributed by atoms with van der Waals surface area (Å²) in [6.45, 7) is 3.43. The summed E-state index contributed by atoms with van der Waals surface area (Å²) in [4.78, 5) is 11.9. The molecule has 1 amide bonds. The molecule has 5 heteroatoms. The third kappa shape index (κ3) is 2.81. The van der Waals surface area contributed by atoms with Crippen LogP contribution in [0.3, 0.4) is 0 Å². The number of aryl methyl sites for hydroxylation is 1. The van der Waals surface area contributed by atoms with E-state index in [0.717, 1.165) is 17.7 Å². The largest absolute Gasteiger partial charge is 0.459 e. The average molecular weight is 265 g/mol. The van der Waals surface area contributed by atoms with Gasteiger partial charge in [-0.1, -0.05) is 6.07 Å². The Morgan fingerprint density at radius 2 is 2.00 bits per heavy atom. The highest BCUT2D eigenvalue weighted by atomic mass is 19.2. The van der Waals surface area contributed by atoms with E-state index < -0.39 is 17.7 Å². The predicted molar refractivity (Wildman–Crippen MR) is 65.7 cm³/mol. The van der Waals surface area contributed by atoms with Crippen molar-refractivity contribution in [1.82, 2.24) is 5.32 Å². The zero-order chi connectivity index (χ0) is 14.0. The Morgan fingerprint density at radius 1 is 1.26 bits per heavy atom. The molecule has 0 aliphatic rings. The van der Waals surface area contributed by atoms with E-state index in [9.17, 15) is 13.6 Å². The van der Waals surface area contributed by atoms with Crippen molar-refractivity contribution in [3.05, 3.63) is 59.1 Å². The van der Waals surface area contributed by atoms with E-state index in [1.165, 1.54) is 12.3 Å². The summed E-state index contributed by atoms with van der Waals surface area (Å²) in [5, 5.41) is 2.66. The molecule has 1 aromatic carbocycles. The Morgan fingerprint density at radius 3 is 2.58 bits per heavy atom. The predicted octanol–water partition coefficient (Wildman–Crippen LogP) is 3.36. The van der Waals surface area contributed by atoms with Gasteiger partial charge in [-0.25, -0.2) is 8.78 Å². The molecule has 3 nitrogen and oxygen atoms in total. The van der Waals surface area contributed by atoms with E-state index in [-0.39, 0.29) is 11.7 Å². The molecule has 1 heterocycles. The third-order valence-corrected chi connectivity index (χ3v) is 2.86. The van der Waals surface area contributed by atoms with Gasteiger partial charge in [-0.05, 0) is 37.6 Å². The van der Waals surface area contributed by atoms with E-state index in [4.69, 9.17) is 4.42 Å². The number of carbonyl (C=O) groups excluding carboxylic acids is 1. The molecular weight excluding hydrogens is 252 g/mol. The van der Waals surface area contributed by atoms with E-state index >= 15 is 0 Å². The van der Waals surface area contributed by atoms with Crippen molar-refractivity contribution in [3.8, 4) is 0 Å². The number of amides is 1. The number of hydrogen-bond donors (Lipinski definition) is 1. The van der Waals surface area contributed by atoms with Crippen LogP contribution in [-0.2, 0) is 0 Å². The lowest BCUT2D eigenvalue weighted by Crippen LogP contribution is -2.26. The van der Waals surface area contributed by atoms with Crippen LogP contribution in [0.1, 0.15) is 34.6 Å². The molecular formula is C14H13F2NO2. The Bertz CT molecular complexity index is 607. The van der Waals surface area contributed by atoms with Crippen molar-refractivity contribution in [1.29, 1.82) is 0 Å². The third-order valence-electron chi connectivity index (χ3n) is 2.86. The van der Waals surface area contributed by atoms with Crippen LogP contribution in [0.5, 0.6) is 0 Å². The van der Waals surface area contributed by atoms with Gasteiger partial charge in [0, 0.05) is 5.56 Å². The second-order valence-corrected chi connectivity index (χ2v) is 4.30. The molecule has 100 valence electrons. The SMILES string of the molecule is Cc1ccoc1C(=O)NC(C)c1ccc(F)c(F)c1. The molecule has 0 fully saturated rings. The van der Waals surface area contributed by atoms with Crippen LogP contribution in [-0.4, -0.2) is 5.91 Å². The first-order chi connectivity index (χ1) is 8.99. The van der Waals surface area contributed by atoms with E-state index in [1.807, 2.05) is 0 Å². The van der Waals surface area contributed by atoms with Crippen LogP contribution >= 0.6 is 0 Å². The number of halogens is 2. The average Bonchev–Trinajstić information content (AvgIpc) is 2.79. The van der Waals surface area contributed by atoms with Crippen LogP contribution < -0.4 is 5.32 Å². The number of benzene rings is 1. The van der Waals surface area contributed by atoms with Crippen LogP contribution in [0.25, 0.3) is 0 Å². The molecule has 0 spiro atoms. The molecule has 1 atom stereocenters. The van der Waals surface area contributed by atoms with Gasteiger partial charge in [-0.3, -0.25) is 4.79 Å². The quantitative estimate of drug-likeness (QED) is 0.924. The van der Waals surface area contributed by atoms with Gasteiger partial charge in [0.2, 0.25) is 0 Å². The van der Waals surface area contributed by atoms with Gasteiger partial charge in [0.05, 0.1) is 12.3 Å². The molecule has 19 heavy (non-hydrogen) atoms. The summed E-state index contributed by atoms with van der Waals surface area (Å²) < 4.78 is 31.0. The highest BCUT2D eigenvalue weighted by Gasteiger charge is 2.16. The fraction of sp³-hybridized carbons (Fsp3) is 0.214. The summed E-state index contributed by atoms with van der Waals surface area (Å²) in [5.41, 5.74) is 1.20. The molecule has 1 unspecified atom stereocenters. The molecule has 1 aromatic heterocycles. The van der Waals surface area contributed by atoms with Crippen LogP contribution in [0.4, 0.5) is 8.78 Å². The number of rotatable bonds is 3. The van der Waals surface area contributed by atoms with E-state index in [0.29, 0.717) is 5.56 Å². The molecule has 2 aromatic rings. The number of nitrogens with one attached hydrogen (secondary N) is 1. The van der Waals surface area contributed by atoms with E-state index in [1.54, 1.807) is 19.9 Å². The van der Waals surface area contributed by atoms with Gasteiger partial charge in [-0.15, -0.1) is 0 Å². The first kappa shape index (κ1) is 13.3. The molecule has 0 aliphatic heterocycles. The van der Waals surface area contributed by atoms with E-state index in [2.05, 4.69) is 5.32 Å². The van der Waals surface area contributed by atoms with Crippen LogP contribution in [0, 0.1) is 18.6 Å². The Kier molecular flexibility index (Phi) is 3.64. The smallest absolute Gasteiger partial charge is 0.287 e. The summed E-state index contributed by atoms with van der Waals surface area (Å²) in [7, 11) is 0. The molecule has 0 saturated heterocycles. The van der Waals surface area contributed by atoms with Gasteiger partial charge in [0.25, 0.3) is 5.91 Å². The fourth-order valence-electron chi connectivity index (χ4n) is 1.73. The molecule has 0 aliphatic carbocycles. The number of carbonyl (C=O) groups is 1. The second kappa shape index (κ2) is 5.22. The molecule has 2 rings (SSSR count). The maximum Gasteiger partial charge on any atom is 0.287 e. The lowest BCUT2D eigenvalue weighted by molar-refractivity contribution is 0.0911. The van der Waals surface area contributed by atoms with Gasteiger partial charge in [-0.2, -0.15) is 0 Å². The Labute approximate surface area is 109 Å². The zero-order valence-electron chi connectivity index (χ0n) is 10.5. The zero-order valence-corrected chi connectivity index (χ0v) is 10.5. The van der Waals surface area contributed by atoms with Crippen molar-refractivity contribution in [3.63, 3.8) is 0 Å². The highest BCUT2D eigenvalue weighted by Crippen LogP contribution is 2.17. The van der Waals surface area contributed by atoms with Crippen molar-refractivity contribution in [2.45, 2.75) is 19.9 Å². The lowest BCUT2D eigenvalue weighted by Gasteiger charge is -2.13. The molecule has 1 N–H and O–H groups in total. The Balaban J connectivity index is 2.13. The Hall–Kier alpha value is -2.17. The van der Waals surface area contributed by atoms with Gasteiger partial charge in [0.15, 0.2) is 17.4 Å². The maximum absolute atomic E-state index is 13.1. The summed E-state index contributed by atoms with van der Waals surface area (Å²) >= 11 is 0. The minimum atomic E-state index is -0.937. The number of hydrogen-bond acceptors (Lipinski definition) is 2. The van der Waals surface area contributed by atoms with Crippen molar-refractivity contribution >= 4 is 5.91 Å². The summed E-state index contributed by atoms with van der Waals surface area (Å²) in [5.74, 6) is -2.02. The van der Waals surface area contributed by atoms with Crippen LogP contribution in [0.15, 0.2) is 34.9 Å². The minimum absolute atomic E-state index is 0.217. The first-order valence-corrected chi connectivity index (χ1v) is 5.79. The fourth-order valence-corrected chi connectivity index (χ4v) is 1.73. The molecule has 0 bridgehead atoms. The van der Waals surface area contributed by atoms with Gasteiger partial charge >= 0.3 is 0 Å². The molecule has 0 radical (unpaired) electrons. The van der Waals surface area contributed by atoms with Crippen LogP contribution in [0.2, 0.25) is 0 Å². The van der Waals surface area contributed by atoms with Gasteiger partial charge in [0.1, 0.15) is 0 Å². The molecule has 0 saturated carbocycles. The van der Waals surface area contributed by atoms with Crippen molar-refractivity contribution < 1.29 is 18.0 Å². The minimum Gasteiger partial charge on any atom is -0.459 e. The maximum atomic E-state index is 13.1. The number of furan rings is 1. The summed E-state index contributed by atoms with van der Waals surface area (Å²) in [6.07, 6.45) is 1.42. The van der Waals surface area contributed by atoms with Gasteiger partial charge < -0.3 is 9.73 Å². The van der Waals surface area contributed by atoms with Crippen molar-refractivity contribution in [2.75, 3.05) is 0 Å². The first-order valence-electron chi connectivity index (χ1n) is 5.79. The second-order valence-electron chi connectivity index (χ2n) is 4.30. The normalized spacial score (nSPS) is 12.2. The standard InChI is InChI=1S/C14H13F2NO2/c1-8-5-6-19-13(8)14(18)17-9(2)10-3-4-11(15)12(16)7-10/h3-7,9H,1-2H3,(H,17,18).